The number of carbonyl (C=O) groups excluding carboxylic acids is 1. The fraction of sp³-hybridized carbons (Fsp3) is 0. The summed E-state index contributed by atoms with van der Waals surface area (Å²) in [5.74, 6) is 1.18. The number of hydrogen-bond acceptors (Lipinski definition) is 3. The molecule has 3 aromatic carbocycles. The summed E-state index contributed by atoms with van der Waals surface area (Å²) in [5.41, 5.74) is 0.947. The Morgan fingerprint density at radius 3 is 2.13 bits per heavy atom. The van der Waals surface area contributed by atoms with Crippen molar-refractivity contribution in [2.75, 3.05) is 0 Å². The Bertz CT molecular complexity index is 1100. The smallest absolute Gasteiger partial charge is 0.194 e. The maximum absolute atomic E-state index is 12.7. The summed E-state index contributed by atoms with van der Waals surface area (Å²) in [7, 11) is 0. The Hall–Kier alpha value is -2.72. The average Bonchev–Trinajstić information content (AvgIpc) is 2.76. The summed E-state index contributed by atoms with van der Waals surface area (Å²) in [5, 5.41) is 0.857. The molecule has 5 heteroatoms. The van der Waals surface area contributed by atoms with Crippen molar-refractivity contribution in [2.24, 2.45) is 0 Å². The number of allylic oxidation sites excluding steroid dienone is 3. The molecule has 0 bridgehead atoms. The average molecular weight is 453 g/mol. The monoisotopic (exact) mass is 452 g/mol. The maximum Gasteiger partial charge on any atom is 0.194 e. The van der Waals surface area contributed by atoms with Crippen LogP contribution in [0.3, 0.4) is 0 Å². The van der Waals surface area contributed by atoms with E-state index in [-0.39, 0.29) is 5.78 Å². The van der Waals surface area contributed by atoms with E-state index in [0.29, 0.717) is 32.7 Å². The minimum Gasteiger partial charge on any atom is -0.457 e. The molecule has 0 spiro atoms. The van der Waals surface area contributed by atoms with Crippen LogP contribution in [0, 0.1) is 0 Å². The van der Waals surface area contributed by atoms with Gasteiger partial charge in [-0.3, -0.25) is 4.79 Å². The first-order chi connectivity index (χ1) is 14.5. The van der Waals surface area contributed by atoms with E-state index < -0.39 is 0 Å². The van der Waals surface area contributed by atoms with Crippen LogP contribution >= 0.6 is 35.0 Å². The third-order valence-corrected chi connectivity index (χ3v) is 5.65. The normalized spacial score (nSPS) is 11.1. The van der Waals surface area contributed by atoms with Gasteiger partial charge in [-0.25, -0.2) is 0 Å². The second kappa shape index (κ2) is 10.4. The van der Waals surface area contributed by atoms with Gasteiger partial charge in [0.1, 0.15) is 11.5 Å². The minimum atomic E-state index is -0.161. The van der Waals surface area contributed by atoms with Crippen molar-refractivity contribution < 1.29 is 9.53 Å². The molecule has 3 rings (SSSR count). The SMILES string of the molecule is C=C/C=C(\C=C)Oc1ccc(Sc2ccc(C(=O)c3cc(Cl)ccc3Cl)cc2)cc1. The molecule has 0 saturated carbocycles. The van der Waals surface area contributed by atoms with Gasteiger partial charge in [0.2, 0.25) is 0 Å². The standard InChI is InChI=1S/C25H18Cl2O2S/c1-3-5-19(4-2)29-20-9-13-22(14-10-20)30-21-11-6-17(7-12-21)25(28)23-16-18(26)8-15-24(23)27/h3-16H,1-2H2/b19-5+. The lowest BCUT2D eigenvalue weighted by Crippen LogP contribution is -2.02. The summed E-state index contributed by atoms with van der Waals surface area (Å²) in [6.07, 6.45) is 5.02. The molecular weight excluding hydrogens is 435 g/mol. The highest BCUT2D eigenvalue weighted by Gasteiger charge is 2.13. The van der Waals surface area contributed by atoms with Crippen molar-refractivity contribution >= 4 is 40.7 Å². The molecule has 150 valence electrons. The van der Waals surface area contributed by atoms with Gasteiger partial charge in [0, 0.05) is 25.9 Å². The summed E-state index contributed by atoms with van der Waals surface area (Å²) in [6.45, 7) is 7.37. The lowest BCUT2D eigenvalue weighted by Gasteiger charge is -2.08. The van der Waals surface area contributed by atoms with Crippen LogP contribution < -0.4 is 4.74 Å². The van der Waals surface area contributed by atoms with Crippen LogP contribution in [-0.4, -0.2) is 5.78 Å². The van der Waals surface area contributed by atoms with Gasteiger partial charge >= 0.3 is 0 Å². The Labute approximate surface area is 190 Å². The van der Waals surface area contributed by atoms with Crippen molar-refractivity contribution in [3.63, 3.8) is 0 Å². The summed E-state index contributed by atoms with van der Waals surface area (Å²) in [4.78, 5) is 14.8. The van der Waals surface area contributed by atoms with Gasteiger partial charge in [-0.2, -0.15) is 0 Å². The van der Waals surface area contributed by atoms with Crippen molar-refractivity contribution in [3.8, 4) is 5.75 Å². The lowest BCUT2D eigenvalue weighted by molar-refractivity contribution is 0.103. The van der Waals surface area contributed by atoms with Gasteiger partial charge in [0.15, 0.2) is 5.78 Å². The topological polar surface area (TPSA) is 26.3 Å². The van der Waals surface area contributed by atoms with Crippen molar-refractivity contribution in [2.45, 2.75) is 9.79 Å². The molecule has 0 unspecified atom stereocenters. The van der Waals surface area contributed by atoms with Crippen LogP contribution in [-0.2, 0) is 0 Å². The number of ketones is 1. The number of carbonyl (C=O) groups is 1. The lowest BCUT2D eigenvalue weighted by atomic mass is 10.0. The molecule has 0 aromatic heterocycles. The first-order valence-corrected chi connectivity index (χ1v) is 10.6. The first-order valence-electron chi connectivity index (χ1n) is 9.01. The predicted molar refractivity (Wildman–Crippen MR) is 126 cm³/mol. The van der Waals surface area contributed by atoms with Crippen LogP contribution in [0.25, 0.3) is 0 Å². The second-order valence-electron chi connectivity index (χ2n) is 6.16. The highest BCUT2D eigenvalue weighted by atomic mass is 35.5. The van der Waals surface area contributed by atoms with E-state index in [9.17, 15) is 4.79 Å². The van der Waals surface area contributed by atoms with Gasteiger partial charge < -0.3 is 4.74 Å². The summed E-state index contributed by atoms with van der Waals surface area (Å²) in [6, 6.07) is 20.0. The number of halogens is 2. The van der Waals surface area contributed by atoms with Crippen LogP contribution in [0.2, 0.25) is 10.0 Å². The zero-order valence-corrected chi connectivity index (χ0v) is 18.3. The molecule has 0 N–H and O–H groups in total. The van der Waals surface area contributed by atoms with E-state index in [1.165, 1.54) is 0 Å². The molecule has 0 radical (unpaired) electrons. The Morgan fingerprint density at radius 1 is 0.900 bits per heavy atom. The van der Waals surface area contributed by atoms with Crippen LogP contribution in [0.5, 0.6) is 5.75 Å². The van der Waals surface area contributed by atoms with Crippen LogP contribution in [0.4, 0.5) is 0 Å². The third kappa shape index (κ3) is 5.67. The molecule has 0 heterocycles. The zero-order chi connectivity index (χ0) is 21.5. The van der Waals surface area contributed by atoms with Gasteiger partial charge in [-0.05, 0) is 78.9 Å². The van der Waals surface area contributed by atoms with E-state index in [1.54, 1.807) is 60.3 Å². The molecule has 0 saturated heterocycles. The molecule has 0 atom stereocenters. The molecule has 0 aliphatic rings. The zero-order valence-electron chi connectivity index (χ0n) is 16.0. The molecule has 0 aliphatic carbocycles. The molecule has 0 amide bonds. The minimum absolute atomic E-state index is 0.161. The van der Waals surface area contributed by atoms with Gasteiger partial charge in [0.25, 0.3) is 0 Å². The van der Waals surface area contributed by atoms with Crippen LogP contribution in [0.15, 0.2) is 114 Å². The molecule has 2 nitrogen and oxygen atoms in total. The number of benzene rings is 3. The van der Waals surface area contributed by atoms with E-state index >= 15 is 0 Å². The summed E-state index contributed by atoms with van der Waals surface area (Å²) < 4.78 is 5.72. The largest absolute Gasteiger partial charge is 0.457 e. The van der Waals surface area contributed by atoms with Crippen molar-refractivity contribution in [1.82, 2.24) is 0 Å². The Morgan fingerprint density at radius 2 is 1.53 bits per heavy atom. The molecule has 0 aliphatic heterocycles. The Kier molecular flexibility index (Phi) is 7.58. The predicted octanol–water partition coefficient (Wildman–Crippen LogP) is 8.01. The number of ether oxygens (including phenoxy) is 1. The molecule has 3 aromatic rings. The quantitative estimate of drug-likeness (QED) is 0.196. The van der Waals surface area contributed by atoms with E-state index in [4.69, 9.17) is 27.9 Å². The van der Waals surface area contributed by atoms with Crippen LogP contribution in [0.1, 0.15) is 15.9 Å². The molecule has 30 heavy (non-hydrogen) atoms. The Balaban J connectivity index is 1.69. The first kappa shape index (κ1) is 22.0. The highest BCUT2D eigenvalue weighted by Crippen LogP contribution is 2.30. The maximum atomic E-state index is 12.7. The van der Waals surface area contributed by atoms with E-state index in [0.717, 1.165) is 9.79 Å². The van der Waals surface area contributed by atoms with E-state index in [2.05, 4.69) is 13.2 Å². The van der Waals surface area contributed by atoms with Gasteiger partial charge in [-0.15, -0.1) is 0 Å². The highest BCUT2D eigenvalue weighted by molar-refractivity contribution is 7.99. The third-order valence-electron chi connectivity index (χ3n) is 4.07. The van der Waals surface area contributed by atoms with Gasteiger partial charge in [0.05, 0.1) is 5.02 Å². The van der Waals surface area contributed by atoms with Gasteiger partial charge in [-0.1, -0.05) is 54.2 Å². The van der Waals surface area contributed by atoms with Crippen molar-refractivity contribution in [1.29, 1.82) is 0 Å². The van der Waals surface area contributed by atoms with Crippen molar-refractivity contribution in [3.05, 3.63) is 125 Å². The fourth-order valence-corrected chi connectivity index (χ4v) is 3.80. The molecule has 0 fully saturated rings. The fourth-order valence-electron chi connectivity index (χ4n) is 2.61. The number of rotatable bonds is 8. The second-order valence-corrected chi connectivity index (χ2v) is 8.15. The molecular formula is C25H18Cl2O2S. The summed E-state index contributed by atoms with van der Waals surface area (Å²) >= 11 is 13.7. The van der Waals surface area contributed by atoms with E-state index in [1.807, 2.05) is 36.4 Å². The number of hydrogen-bond donors (Lipinski definition) is 0.